The van der Waals surface area contributed by atoms with Crippen LogP contribution in [0.15, 0.2) is 42.7 Å². The highest BCUT2D eigenvalue weighted by molar-refractivity contribution is 5.87. The van der Waals surface area contributed by atoms with Crippen LogP contribution in [0.25, 0.3) is 27.7 Å². The quantitative estimate of drug-likeness (QED) is 0.482. The number of nitrogens with zero attached hydrogens (tertiary/aromatic N) is 4. The Kier molecular flexibility index (Phi) is 5.18. The Hall–Kier alpha value is -3.03. The summed E-state index contributed by atoms with van der Waals surface area (Å²) in [4.78, 5) is 9.43. The summed E-state index contributed by atoms with van der Waals surface area (Å²) in [7, 11) is 1.71. The summed E-state index contributed by atoms with van der Waals surface area (Å²) >= 11 is 0. The van der Waals surface area contributed by atoms with Crippen LogP contribution in [0.1, 0.15) is 17.7 Å². The van der Waals surface area contributed by atoms with Gasteiger partial charge < -0.3 is 15.8 Å². The Bertz CT molecular complexity index is 1120. The van der Waals surface area contributed by atoms with Crippen LogP contribution in [0.2, 0.25) is 0 Å². The van der Waals surface area contributed by atoms with Crippen molar-refractivity contribution in [3.8, 4) is 11.1 Å². The van der Waals surface area contributed by atoms with Gasteiger partial charge in [0.2, 0.25) is 0 Å². The van der Waals surface area contributed by atoms with Crippen LogP contribution in [0.5, 0.6) is 0 Å². The van der Waals surface area contributed by atoms with Gasteiger partial charge in [0, 0.05) is 48.5 Å². The third-order valence-electron chi connectivity index (χ3n) is 4.93. The number of anilines is 1. The molecule has 0 atom stereocenters. The highest BCUT2D eigenvalue weighted by atomic mass is 16.5. The summed E-state index contributed by atoms with van der Waals surface area (Å²) in [5.41, 5.74) is 11.8. The zero-order valence-corrected chi connectivity index (χ0v) is 16.1. The molecule has 7 heteroatoms. The summed E-state index contributed by atoms with van der Waals surface area (Å²) in [5, 5.41) is 8.95. The van der Waals surface area contributed by atoms with Crippen LogP contribution in [-0.4, -0.2) is 39.8 Å². The van der Waals surface area contributed by atoms with Crippen LogP contribution >= 0.6 is 0 Å². The zero-order valence-electron chi connectivity index (χ0n) is 16.1. The molecule has 1 aromatic carbocycles. The standard InChI is InChI=1S/C21H24N6O/c1-14-19(13-23-8-5-9-28-2)26-21-17(12-25-27(21)20(14)22)16-10-15-6-3-4-7-18(15)24-11-16/h3-4,6-7,10-12,23H,5,8-9,13,22H2,1-2H3. The van der Waals surface area contributed by atoms with Crippen LogP contribution in [0, 0.1) is 6.92 Å². The normalized spacial score (nSPS) is 11.5. The molecule has 4 rings (SSSR count). The van der Waals surface area contributed by atoms with E-state index in [0.717, 1.165) is 58.5 Å². The number of rotatable bonds is 7. The predicted molar refractivity (Wildman–Crippen MR) is 111 cm³/mol. The first kappa shape index (κ1) is 18.3. The van der Waals surface area contributed by atoms with Crippen molar-refractivity contribution in [1.29, 1.82) is 0 Å². The van der Waals surface area contributed by atoms with Crippen LogP contribution in [0.4, 0.5) is 5.82 Å². The maximum atomic E-state index is 6.35. The first-order chi connectivity index (χ1) is 13.7. The third-order valence-corrected chi connectivity index (χ3v) is 4.93. The molecular formula is C21H24N6O. The molecule has 0 bridgehead atoms. The molecule has 3 aromatic heterocycles. The van der Waals surface area contributed by atoms with E-state index in [1.807, 2.05) is 31.3 Å². The van der Waals surface area contributed by atoms with Crippen molar-refractivity contribution in [2.45, 2.75) is 19.9 Å². The molecule has 3 heterocycles. The summed E-state index contributed by atoms with van der Waals surface area (Å²) in [6, 6.07) is 10.2. The summed E-state index contributed by atoms with van der Waals surface area (Å²) in [6.07, 6.45) is 4.62. The lowest BCUT2D eigenvalue weighted by Crippen LogP contribution is -2.19. The highest BCUT2D eigenvalue weighted by Crippen LogP contribution is 2.28. The number of nitrogen functional groups attached to an aromatic ring is 1. The van der Waals surface area contributed by atoms with Crippen molar-refractivity contribution < 1.29 is 4.74 Å². The number of ether oxygens (including phenoxy) is 1. The molecule has 0 unspecified atom stereocenters. The molecule has 0 radical (unpaired) electrons. The second kappa shape index (κ2) is 7.92. The fourth-order valence-electron chi connectivity index (χ4n) is 3.29. The lowest BCUT2D eigenvalue weighted by atomic mass is 10.1. The molecule has 7 nitrogen and oxygen atoms in total. The lowest BCUT2D eigenvalue weighted by Gasteiger charge is -2.11. The van der Waals surface area contributed by atoms with E-state index in [4.69, 9.17) is 15.5 Å². The molecule has 0 amide bonds. The SMILES string of the molecule is COCCCNCc1nc2c(-c3cnc4ccccc4c3)cnn2c(N)c1C. The van der Waals surface area contributed by atoms with E-state index in [9.17, 15) is 0 Å². The van der Waals surface area contributed by atoms with E-state index in [1.54, 1.807) is 17.8 Å². The summed E-state index contributed by atoms with van der Waals surface area (Å²) in [5.74, 6) is 0.610. The Morgan fingerprint density at radius 2 is 2.07 bits per heavy atom. The van der Waals surface area contributed by atoms with Crippen molar-refractivity contribution >= 4 is 22.4 Å². The number of benzene rings is 1. The van der Waals surface area contributed by atoms with Crippen molar-refractivity contribution in [3.05, 3.63) is 54.0 Å². The van der Waals surface area contributed by atoms with Crippen molar-refractivity contribution in [2.24, 2.45) is 0 Å². The lowest BCUT2D eigenvalue weighted by molar-refractivity contribution is 0.194. The van der Waals surface area contributed by atoms with Gasteiger partial charge in [-0.2, -0.15) is 9.61 Å². The van der Waals surface area contributed by atoms with Gasteiger partial charge in [-0.25, -0.2) is 4.98 Å². The average molecular weight is 376 g/mol. The van der Waals surface area contributed by atoms with Crippen molar-refractivity contribution in [2.75, 3.05) is 26.0 Å². The van der Waals surface area contributed by atoms with E-state index >= 15 is 0 Å². The minimum atomic E-state index is 0.610. The number of nitrogens with one attached hydrogen (secondary N) is 1. The zero-order chi connectivity index (χ0) is 19.5. The van der Waals surface area contributed by atoms with Gasteiger partial charge in [0.05, 0.1) is 17.4 Å². The number of fused-ring (bicyclic) bond motifs is 2. The van der Waals surface area contributed by atoms with Gasteiger partial charge in [-0.3, -0.25) is 4.98 Å². The van der Waals surface area contributed by atoms with E-state index in [1.165, 1.54) is 0 Å². The molecular weight excluding hydrogens is 352 g/mol. The minimum absolute atomic E-state index is 0.610. The largest absolute Gasteiger partial charge is 0.385 e. The number of hydrogen-bond donors (Lipinski definition) is 2. The number of methoxy groups -OCH3 is 1. The molecule has 0 aliphatic rings. The van der Waals surface area contributed by atoms with Crippen molar-refractivity contribution in [3.63, 3.8) is 0 Å². The van der Waals surface area contributed by atoms with Gasteiger partial charge in [0.25, 0.3) is 0 Å². The predicted octanol–water partition coefficient (Wildman–Crippen LogP) is 2.96. The number of pyridine rings is 1. The Balaban J connectivity index is 1.71. The van der Waals surface area contributed by atoms with Gasteiger partial charge in [0.15, 0.2) is 5.65 Å². The molecule has 0 spiro atoms. The first-order valence-corrected chi connectivity index (χ1v) is 9.36. The molecule has 0 saturated heterocycles. The summed E-state index contributed by atoms with van der Waals surface area (Å²) in [6.45, 7) is 4.23. The van der Waals surface area contributed by atoms with Crippen LogP contribution in [-0.2, 0) is 11.3 Å². The second-order valence-electron chi connectivity index (χ2n) is 6.80. The highest BCUT2D eigenvalue weighted by Gasteiger charge is 2.15. The smallest absolute Gasteiger partial charge is 0.165 e. The molecule has 4 aromatic rings. The first-order valence-electron chi connectivity index (χ1n) is 9.36. The molecule has 144 valence electrons. The van der Waals surface area contributed by atoms with E-state index in [-0.39, 0.29) is 0 Å². The number of nitrogens with two attached hydrogens (primary N) is 1. The van der Waals surface area contributed by atoms with Crippen LogP contribution < -0.4 is 11.1 Å². The van der Waals surface area contributed by atoms with E-state index < -0.39 is 0 Å². The van der Waals surface area contributed by atoms with Gasteiger partial charge in [-0.05, 0) is 32.0 Å². The maximum absolute atomic E-state index is 6.35. The maximum Gasteiger partial charge on any atom is 0.165 e. The number of aromatic nitrogens is 4. The van der Waals surface area contributed by atoms with Gasteiger partial charge in [-0.1, -0.05) is 18.2 Å². The monoisotopic (exact) mass is 376 g/mol. The average Bonchev–Trinajstić information content (AvgIpc) is 3.15. The second-order valence-corrected chi connectivity index (χ2v) is 6.80. The number of para-hydroxylation sites is 1. The molecule has 0 fully saturated rings. The van der Waals surface area contributed by atoms with Crippen molar-refractivity contribution in [1.82, 2.24) is 24.9 Å². The van der Waals surface area contributed by atoms with Gasteiger partial charge >= 0.3 is 0 Å². The topological polar surface area (TPSA) is 90.4 Å². The Morgan fingerprint density at radius 1 is 1.21 bits per heavy atom. The molecule has 0 aliphatic heterocycles. The minimum Gasteiger partial charge on any atom is -0.385 e. The Labute approximate surface area is 163 Å². The third kappa shape index (κ3) is 3.42. The van der Waals surface area contributed by atoms with E-state index in [2.05, 4.69) is 27.5 Å². The summed E-state index contributed by atoms with van der Waals surface area (Å²) < 4.78 is 6.79. The van der Waals surface area contributed by atoms with E-state index in [0.29, 0.717) is 12.4 Å². The Morgan fingerprint density at radius 3 is 2.93 bits per heavy atom. The fraction of sp³-hybridized carbons (Fsp3) is 0.286. The molecule has 0 aliphatic carbocycles. The molecule has 3 N–H and O–H groups in total. The van der Waals surface area contributed by atoms with Crippen LogP contribution in [0.3, 0.4) is 0 Å². The molecule has 28 heavy (non-hydrogen) atoms. The van der Waals surface area contributed by atoms with Gasteiger partial charge in [-0.15, -0.1) is 0 Å². The van der Waals surface area contributed by atoms with Gasteiger partial charge in [0.1, 0.15) is 5.82 Å². The number of hydrogen-bond acceptors (Lipinski definition) is 6. The fourth-order valence-corrected chi connectivity index (χ4v) is 3.29. The molecule has 0 saturated carbocycles.